The predicted molar refractivity (Wildman–Crippen MR) is 94.4 cm³/mol. The predicted octanol–water partition coefficient (Wildman–Crippen LogP) is 0.992. The van der Waals surface area contributed by atoms with Gasteiger partial charge in [0.25, 0.3) is 17.5 Å². The smallest absolute Gasteiger partial charge is 0.309 e. The summed E-state index contributed by atoms with van der Waals surface area (Å²) in [5.74, 6) is -2.32. The van der Waals surface area contributed by atoms with Gasteiger partial charge in [0, 0.05) is 25.2 Å². The van der Waals surface area contributed by atoms with Gasteiger partial charge in [0.05, 0.1) is 28.6 Å². The van der Waals surface area contributed by atoms with E-state index in [2.05, 4.69) is 0 Å². The number of carbonyl (C=O) groups excluding carboxylic acids is 4. The van der Waals surface area contributed by atoms with Crippen LogP contribution in [-0.2, 0) is 14.3 Å². The van der Waals surface area contributed by atoms with Crippen LogP contribution in [0.1, 0.15) is 40.5 Å². The van der Waals surface area contributed by atoms with E-state index in [4.69, 9.17) is 4.74 Å². The van der Waals surface area contributed by atoms with E-state index in [0.717, 1.165) is 17.0 Å². The van der Waals surface area contributed by atoms with E-state index >= 15 is 0 Å². The van der Waals surface area contributed by atoms with E-state index in [0.29, 0.717) is 32.5 Å². The number of ether oxygens (including phenoxy) is 1. The summed E-state index contributed by atoms with van der Waals surface area (Å²) in [6.07, 6.45) is 0.914. The molecule has 3 rings (SSSR count). The molecular weight excluding hydrogens is 370 g/mol. The highest BCUT2D eigenvalue weighted by Crippen LogP contribution is 2.27. The Balaban J connectivity index is 1.64. The average Bonchev–Trinajstić information content (AvgIpc) is 2.92. The molecule has 10 nitrogen and oxygen atoms in total. The first kappa shape index (κ1) is 19.5. The molecule has 0 atom stereocenters. The molecule has 1 saturated heterocycles. The molecule has 1 fully saturated rings. The first-order valence-corrected chi connectivity index (χ1v) is 8.92. The van der Waals surface area contributed by atoms with Crippen molar-refractivity contribution in [3.05, 3.63) is 39.4 Å². The molecule has 28 heavy (non-hydrogen) atoms. The van der Waals surface area contributed by atoms with Crippen molar-refractivity contribution in [1.29, 1.82) is 0 Å². The quantitative estimate of drug-likeness (QED) is 0.318. The van der Waals surface area contributed by atoms with Gasteiger partial charge in [-0.05, 0) is 25.8 Å². The second kappa shape index (κ2) is 7.75. The van der Waals surface area contributed by atoms with Crippen molar-refractivity contribution in [2.75, 3.05) is 26.2 Å². The van der Waals surface area contributed by atoms with E-state index < -0.39 is 29.2 Å². The number of rotatable bonds is 5. The number of hydrogen-bond acceptors (Lipinski definition) is 7. The van der Waals surface area contributed by atoms with Gasteiger partial charge in [-0.1, -0.05) is 0 Å². The zero-order chi connectivity index (χ0) is 20.4. The summed E-state index contributed by atoms with van der Waals surface area (Å²) < 4.78 is 4.99. The van der Waals surface area contributed by atoms with Crippen molar-refractivity contribution >= 4 is 29.4 Å². The minimum Gasteiger partial charge on any atom is -0.466 e. The number of piperidine rings is 1. The molecule has 0 bridgehead atoms. The molecular formula is C18H19N3O7. The number of benzene rings is 1. The number of fused-ring (bicyclic) bond motifs is 1. The summed E-state index contributed by atoms with van der Waals surface area (Å²) in [6, 6.07) is 3.42. The zero-order valence-corrected chi connectivity index (χ0v) is 15.3. The minimum absolute atomic E-state index is 0.0458. The molecule has 0 N–H and O–H groups in total. The topological polar surface area (TPSA) is 127 Å². The van der Waals surface area contributed by atoms with Crippen LogP contribution in [0, 0.1) is 16.0 Å². The van der Waals surface area contributed by atoms with Crippen molar-refractivity contribution in [1.82, 2.24) is 9.80 Å². The summed E-state index contributed by atoms with van der Waals surface area (Å²) in [4.78, 5) is 61.7. The van der Waals surface area contributed by atoms with Crippen LogP contribution in [0.2, 0.25) is 0 Å². The second-order valence-electron chi connectivity index (χ2n) is 6.59. The maximum atomic E-state index is 12.5. The highest BCUT2D eigenvalue weighted by atomic mass is 16.6. The summed E-state index contributed by atoms with van der Waals surface area (Å²) in [5, 5.41) is 10.9. The van der Waals surface area contributed by atoms with Crippen molar-refractivity contribution in [2.24, 2.45) is 5.92 Å². The molecule has 1 aromatic carbocycles. The molecule has 10 heteroatoms. The van der Waals surface area contributed by atoms with Crippen LogP contribution in [0.4, 0.5) is 5.69 Å². The number of carbonyl (C=O) groups is 4. The fourth-order valence-electron chi connectivity index (χ4n) is 3.40. The summed E-state index contributed by atoms with van der Waals surface area (Å²) >= 11 is 0. The molecule has 0 unspecified atom stereocenters. The minimum atomic E-state index is -0.724. The molecule has 0 radical (unpaired) electrons. The lowest BCUT2D eigenvalue weighted by molar-refractivity contribution is -0.384. The van der Waals surface area contributed by atoms with E-state index in [-0.39, 0.29) is 28.7 Å². The third-order valence-electron chi connectivity index (χ3n) is 4.93. The number of nitro groups is 1. The number of imide groups is 1. The highest BCUT2D eigenvalue weighted by Gasteiger charge is 2.39. The highest BCUT2D eigenvalue weighted by molar-refractivity contribution is 6.22. The van der Waals surface area contributed by atoms with Crippen LogP contribution in [0.15, 0.2) is 18.2 Å². The average molecular weight is 389 g/mol. The van der Waals surface area contributed by atoms with E-state index in [9.17, 15) is 29.3 Å². The van der Waals surface area contributed by atoms with E-state index in [1.54, 1.807) is 6.92 Å². The lowest BCUT2D eigenvalue weighted by Crippen LogP contribution is -2.46. The third kappa shape index (κ3) is 3.57. The van der Waals surface area contributed by atoms with Gasteiger partial charge in [-0.2, -0.15) is 0 Å². The van der Waals surface area contributed by atoms with Crippen molar-refractivity contribution in [2.45, 2.75) is 19.8 Å². The third-order valence-corrected chi connectivity index (χ3v) is 4.93. The molecule has 0 spiro atoms. The Hall–Kier alpha value is -3.30. The van der Waals surface area contributed by atoms with Crippen LogP contribution >= 0.6 is 0 Å². The number of likely N-dealkylation sites (tertiary alicyclic amines) is 1. The molecule has 2 heterocycles. The Kier molecular flexibility index (Phi) is 5.39. The SMILES string of the molecule is CCOC(=O)C1CCN(C(=O)CN2C(=O)c3ccc([N+](=O)[O-])cc3C2=O)CC1. The Morgan fingerprint density at radius 3 is 2.43 bits per heavy atom. The van der Waals surface area contributed by atoms with Crippen LogP contribution < -0.4 is 0 Å². The monoisotopic (exact) mass is 389 g/mol. The number of non-ortho nitro benzene ring substituents is 1. The summed E-state index contributed by atoms with van der Waals surface area (Å²) in [6.45, 7) is 2.25. The van der Waals surface area contributed by atoms with E-state index in [1.807, 2.05) is 0 Å². The van der Waals surface area contributed by atoms with Crippen LogP contribution in [-0.4, -0.2) is 64.7 Å². The number of amides is 3. The van der Waals surface area contributed by atoms with Gasteiger partial charge in [-0.3, -0.25) is 34.2 Å². The Morgan fingerprint density at radius 2 is 1.82 bits per heavy atom. The van der Waals surface area contributed by atoms with E-state index in [1.165, 1.54) is 11.0 Å². The van der Waals surface area contributed by atoms with Gasteiger partial charge >= 0.3 is 5.97 Å². The van der Waals surface area contributed by atoms with Gasteiger partial charge in [0.1, 0.15) is 6.54 Å². The van der Waals surface area contributed by atoms with Gasteiger partial charge in [-0.15, -0.1) is 0 Å². The Bertz CT molecular complexity index is 859. The number of hydrogen-bond donors (Lipinski definition) is 0. The van der Waals surface area contributed by atoms with Crippen molar-refractivity contribution in [3.63, 3.8) is 0 Å². The molecule has 2 aliphatic heterocycles. The Labute approximate surface area is 160 Å². The normalized spacial score (nSPS) is 16.9. The second-order valence-corrected chi connectivity index (χ2v) is 6.59. The zero-order valence-electron chi connectivity index (χ0n) is 15.3. The largest absolute Gasteiger partial charge is 0.466 e. The van der Waals surface area contributed by atoms with Gasteiger partial charge in [0.2, 0.25) is 5.91 Å². The molecule has 0 aliphatic carbocycles. The van der Waals surface area contributed by atoms with Crippen LogP contribution in [0.25, 0.3) is 0 Å². The fourth-order valence-corrected chi connectivity index (χ4v) is 3.40. The van der Waals surface area contributed by atoms with Crippen LogP contribution in [0.3, 0.4) is 0 Å². The summed E-state index contributed by atoms with van der Waals surface area (Å²) in [7, 11) is 0. The lowest BCUT2D eigenvalue weighted by atomic mass is 9.97. The maximum absolute atomic E-state index is 12.5. The Morgan fingerprint density at radius 1 is 1.18 bits per heavy atom. The van der Waals surface area contributed by atoms with Crippen LogP contribution in [0.5, 0.6) is 0 Å². The molecule has 2 aliphatic rings. The number of nitro benzene ring substituents is 1. The van der Waals surface area contributed by atoms with Crippen molar-refractivity contribution in [3.8, 4) is 0 Å². The first-order valence-electron chi connectivity index (χ1n) is 8.92. The number of nitrogens with zero attached hydrogens (tertiary/aromatic N) is 3. The first-order chi connectivity index (χ1) is 13.3. The molecule has 1 aromatic rings. The van der Waals surface area contributed by atoms with Crippen molar-refractivity contribution < 1.29 is 28.8 Å². The molecule has 0 saturated carbocycles. The fraction of sp³-hybridized carbons (Fsp3) is 0.444. The standard InChI is InChI=1S/C18H19N3O7/c1-2-28-18(25)11-5-7-19(8-6-11)15(22)10-20-16(23)13-4-3-12(21(26)27)9-14(13)17(20)24/h3-4,9,11H,2,5-8,10H2,1H3. The lowest BCUT2D eigenvalue weighted by Gasteiger charge is -2.31. The van der Waals surface area contributed by atoms with Gasteiger partial charge in [-0.25, -0.2) is 0 Å². The maximum Gasteiger partial charge on any atom is 0.309 e. The van der Waals surface area contributed by atoms with Gasteiger partial charge < -0.3 is 9.64 Å². The molecule has 3 amide bonds. The summed E-state index contributed by atoms with van der Waals surface area (Å²) in [5.41, 5.74) is -0.327. The number of esters is 1. The molecule has 0 aromatic heterocycles. The van der Waals surface area contributed by atoms with Gasteiger partial charge in [0.15, 0.2) is 0 Å². The molecule has 148 valence electrons.